The minimum atomic E-state index is -3.78. The lowest BCUT2D eigenvalue weighted by Gasteiger charge is -2.36. The van der Waals surface area contributed by atoms with Crippen molar-refractivity contribution in [1.82, 2.24) is 9.62 Å². The SMILES string of the molecule is Cc1cc(F)ccc1S(=O)(=O)NC[C@@H](c1ccc(N(C)C)cc1)N1CCc2ccccc2C1. The Morgan fingerprint density at radius 3 is 2.39 bits per heavy atom. The smallest absolute Gasteiger partial charge is 0.240 e. The molecule has 0 aromatic heterocycles. The molecule has 0 saturated carbocycles. The predicted octanol–water partition coefficient (Wildman–Crippen LogP) is 4.28. The molecule has 7 heteroatoms. The Hall–Kier alpha value is -2.74. The number of benzene rings is 3. The van der Waals surface area contributed by atoms with E-state index in [0.29, 0.717) is 5.56 Å². The van der Waals surface area contributed by atoms with Gasteiger partial charge in [0.2, 0.25) is 10.0 Å². The number of anilines is 1. The molecule has 1 aliphatic rings. The Morgan fingerprint density at radius 2 is 1.73 bits per heavy atom. The molecule has 0 fully saturated rings. The molecule has 5 nitrogen and oxygen atoms in total. The number of hydrogen-bond acceptors (Lipinski definition) is 4. The van der Waals surface area contributed by atoms with E-state index < -0.39 is 15.8 Å². The Labute approximate surface area is 195 Å². The van der Waals surface area contributed by atoms with Gasteiger partial charge in [-0.1, -0.05) is 36.4 Å². The molecule has 0 amide bonds. The van der Waals surface area contributed by atoms with Crippen molar-refractivity contribution in [2.75, 3.05) is 32.1 Å². The van der Waals surface area contributed by atoms with Crippen molar-refractivity contribution >= 4 is 15.7 Å². The van der Waals surface area contributed by atoms with E-state index in [1.54, 1.807) is 6.92 Å². The Balaban J connectivity index is 1.61. The first-order valence-electron chi connectivity index (χ1n) is 11.1. The van der Waals surface area contributed by atoms with Gasteiger partial charge in [0.25, 0.3) is 0 Å². The van der Waals surface area contributed by atoms with Gasteiger partial charge in [0.1, 0.15) is 5.82 Å². The summed E-state index contributed by atoms with van der Waals surface area (Å²) in [5.74, 6) is -0.447. The van der Waals surface area contributed by atoms with Crippen LogP contribution in [0.1, 0.15) is 28.3 Å². The van der Waals surface area contributed by atoms with Crippen molar-refractivity contribution in [3.8, 4) is 0 Å². The summed E-state index contributed by atoms with van der Waals surface area (Å²) in [6.07, 6.45) is 0.923. The molecular weight excluding hydrogens is 437 g/mol. The molecule has 1 aliphatic heterocycles. The van der Waals surface area contributed by atoms with E-state index in [4.69, 9.17) is 0 Å². The fraction of sp³-hybridized carbons (Fsp3) is 0.308. The minimum absolute atomic E-state index is 0.106. The number of nitrogens with zero attached hydrogens (tertiary/aromatic N) is 2. The number of hydrogen-bond donors (Lipinski definition) is 1. The fourth-order valence-electron chi connectivity index (χ4n) is 4.42. The number of aryl methyl sites for hydroxylation is 1. The first-order valence-corrected chi connectivity index (χ1v) is 12.6. The average Bonchev–Trinajstić information content (AvgIpc) is 2.79. The second-order valence-electron chi connectivity index (χ2n) is 8.75. The normalized spacial score (nSPS) is 15.2. The molecule has 0 aliphatic carbocycles. The summed E-state index contributed by atoms with van der Waals surface area (Å²) in [4.78, 5) is 4.47. The first-order chi connectivity index (χ1) is 15.7. The van der Waals surface area contributed by atoms with Crippen molar-refractivity contribution in [2.24, 2.45) is 0 Å². The van der Waals surface area contributed by atoms with Crippen LogP contribution >= 0.6 is 0 Å². The lowest BCUT2D eigenvalue weighted by molar-refractivity contribution is 0.180. The van der Waals surface area contributed by atoms with Crippen LogP contribution in [0.5, 0.6) is 0 Å². The predicted molar refractivity (Wildman–Crippen MR) is 130 cm³/mol. The average molecular weight is 468 g/mol. The highest BCUT2D eigenvalue weighted by Crippen LogP contribution is 2.29. The van der Waals surface area contributed by atoms with E-state index in [1.807, 2.05) is 25.1 Å². The molecule has 33 heavy (non-hydrogen) atoms. The summed E-state index contributed by atoms with van der Waals surface area (Å²) in [5, 5.41) is 0. The van der Waals surface area contributed by atoms with Crippen LogP contribution in [-0.4, -0.2) is 40.5 Å². The van der Waals surface area contributed by atoms with Crippen LogP contribution in [0.4, 0.5) is 10.1 Å². The summed E-state index contributed by atoms with van der Waals surface area (Å²) in [5.41, 5.74) is 5.15. The second-order valence-corrected chi connectivity index (χ2v) is 10.5. The molecule has 0 unspecified atom stereocenters. The Morgan fingerprint density at radius 1 is 1.03 bits per heavy atom. The highest BCUT2D eigenvalue weighted by atomic mass is 32.2. The van der Waals surface area contributed by atoms with Crippen molar-refractivity contribution in [1.29, 1.82) is 0 Å². The van der Waals surface area contributed by atoms with Crippen molar-refractivity contribution < 1.29 is 12.8 Å². The molecule has 1 heterocycles. The topological polar surface area (TPSA) is 52.7 Å². The molecule has 174 valence electrons. The Kier molecular flexibility index (Phi) is 6.83. The highest BCUT2D eigenvalue weighted by Gasteiger charge is 2.27. The zero-order valence-electron chi connectivity index (χ0n) is 19.3. The summed E-state index contributed by atoms with van der Waals surface area (Å²) in [7, 11) is 0.203. The molecule has 3 aromatic rings. The Bertz CT molecular complexity index is 1230. The standard InChI is InChI=1S/C26H30FN3O2S/c1-19-16-23(27)10-13-26(19)33(31,32)28-17-25(21-8-11-24(12-9-21)29(2)3)30-15-14-20-6-4-5-7-22(20)18-30/h4-13,16,25,28H,14-15,17-18H2,1-3H3/t25-/m0/s1. The van der Waals surface area contributed by atoms with Crippen LogP contribution < -0.4 is 9.62 Å². The maximum atomic E-state index is 13.5. The number of rotatable bonds is 7. The lowest BCUT2D eigenvalue weighted by Crippen LogP contribution is -2.40. The van der Waals surface area contributed by atoms with Crippen LogP contribution in [0, 0.1) is 12.7 Å². The largest absolute Gasteiger partial charge is 0.378 e. The molecule has 1 N–H and O–H groups in total. The van der Waals surface area contributed by atoms with E-state index in [0.717, 1.165) is 30.8 Å². The van der Waals surface area contributed by atoms with E-state index in [9.17, 15) is 12.8 Å². The van der Waals surface area contributed by atoms with E-state index in [-0.39, 0.29) is 17.5 Å². The van der Waals surface area contributed by atoms with Crippen LogP contribution in [0.2, 0.25) is 0 Å². The van der Waals surface area contributed by atoms with Crippen molar-refractivity contribution in [3.63, 3.8) is 0 Å². The van der Waals surface area contributed by atoms with Crippen LogP contribution in [-0.2, 0) is 23.0 Å². The molecule has 0 saturated heterocycles. The van der Waals surface area contributed by atoms with Gasteiger partial charge in [0.05, 0.1) is 4.90 Å². The number of sulfonamides is 1. The second kappa shape index (κ2) is 9.63. The molecule has 3 aromatic carbocycles. The molecule has 0 spiro atoms. The van der Waals surface area contributed by atoms with Crippen LogP contribution in [0.25, 0.3) is 0 Å². The van der Waals surface area contributed by atoms with Gasteiger partial charge in [-0.05, 0) is 65.9 Å². The number of nitrogens with one attached hydrogen (secondary N) is 1. The third-order valence-electron chi connectivity index (χ3n) is 6.29. The van der Waals surface area contributed by atoms with E-state index in [1.165, 1.54) is 29.3 Å². The van der Waals surface area contributed by atoms with Gasteiger partial charge in [-0.15, -0.1) is 0 Å². The number of fused-ring (bicyclic) bond motifs is 1. The van der Waals surface area contributed by atoms with Gasteiger partial charge in [0, 0.05) is 45.5 Å². The summed E-state index contributed by atoms with van der Waals surface area (Å²) in [6, 6.07) is 20.3. The molecule has 0 radical (unpaired) electrons. The minimum Gasteiger partial charge on any atom is -0.378 e. The van der Waals surface area contributed by atoms with Crippen LogP contribution in [0.15, 0.2) is 71.6 Å². The van der Waals surface area contributed by atoms with Gasteiger partial charge in [-0.2, -0.15) is 0 Å². The zero-order valence-corrected chi connectivity index (χ0v) is 20.1. The maximum Gasteiger partial charge on any atom is 0.240 e. The van der Waals surface area contributed by atoms with Gasteiger partial charge >= 0.3 is 0 Å². The third kappa shape index (κ3) is 5.27. The lowest BCUT2D eigenvalue weighted by atomic mass is 9.96. The monoisotopic (exact) mass is 467 g/mol. The summed E-state index contributed by atoms with van der Waals surface area (Å²) < 4.78 is 42.4. The molecule has 4 rings (SSSR count). The summed E-state index contributed by atoms with van der Waals surface area (Å²) >= 11 is 0. The van der Waals surface area contributed by atoms with Gasteiger partial charge in [0.15, 0.2) is 0 Å². The fourth-order valence-corrected chi connectivity index (χ4v) is 5.68. The van der Waals surface area contributed by atoms with Gasteiger partial charge in [-0.25, -0.2) is 17.5 Å². The third-order valence-corrected chi connectivity index (χ3v) is 7.87. The van der Waals surface area contributed by atoms with Crippen LogP contribution in [0.3, 0.4) is 0 Å². The van der Waals surface area contributed by atoms with Crippen molar-refractivity contribution in [2.45, 2.75) is 30.8 Å². The first kappa shape index (κ1) is 23.4. The zero-order chi connectivity index (χ0) is 23.6. The van der Waals surface area contributed by atoms with E-state index in [2.05, 4.69) is 52.1 Å². The van der Waals surface area contributed by atoms with Gasteiger partial charge < -0.3 is 4.90 Å². The quantitative estimate of drug-likeness (QED) is 0.564. The summed E-state index contributed by atoms with van der Waals surface area (Å²) in [6.45, 7) is 3.43. The van der Waals surface area contributed by atoms with Gasteiger partial charge in [-0.3, -0.25) is 4.90 Å². The molecular formula is C26H30FN3O2S. The highest BCUT2D eigenvalue weighted by molar-refractivity contribution is 7.89. The molecule has 0 bridgehead atoms. The van der Waals surface area contributed by atoms with Crippen molar-refractivity contribution in [3.05, 3.63) is 94.8 Å². The maximum absolute atomic E-state index is 13.5. The molecule has 1 atom stereocenters. The van der Waals surface area contributed by atoms with E-state index >= 15 is 0 Å². The number of halogens is 1.